The normalized spacial score (nSPS) is 23.8. The molecule has 4 heteroatoms. The molecule has 1 heterocycles. The molecule has 0 saturated heterocycles. The first-order valence-electron chi connectivity index (χ1n) is 7.60. The summed E-state index contributed by atoms with van der Waals surface area (Å²) in [5.41, 5.74) is 2.38. The van der Waals surface area contributed by atoms with Gasteiger partial charge in [0.15, 0.2) is 0 Å². The van der Waals surface area contributed by atoms with Crippen molar-refractivity contribution in [3.8, 4) is 0 Å². The maximum Gasteiger partial charge on any atom is 0.0739 e. The molecule has 0 aliphatic heterocycles. The van der Waals surface area contributed by atoms with E-state index in [-0.39, 0.29) is 0 Å². The van der Waals surface area contributed by atoms with Crippen LogP contribution in [-0.2, 0) is 13.1 Å². The number of aromatic nitrogens is 2. The van der Waals surface area contributed by atoms with Gasteiger partial charge in [0.25, 0.3) is 0 Å². The highest BCUT2D eigenvalue weighted by atomic mass is 79.9. The fourth-order valence-electron chi connectivity index (χ4n) is 3.13. The number of rotatable bonds is 5. The fraction of sp³-hybridized carbons (Fsp3) is 0.800. The summed E-state index contributed by atoms with van der Waals surface area (Å²) in [6, 6.07) is 0.686. The third-order valence-electron chi connectivity index (χ3n) is 4.37. The van der Waals surface area contributed by atoms with Crippen LogP contribution in [0, 0.1) is 12.8 Å². The van der Waals surface area contributed by atoms with E-state index in [4.69, 9.17) is 0 Å². The predicted molar refractivity (Wildman–Crippen MR) is 83.2 cm³/mol. The summed E-state index contributed by atoms with van der Waals surface area (Å²) >= 11 is 3.67. The van der Waals surface area contributed by atoms with Crippen molar-refractivity contribution < 1.29 is 0 Å². The van der Waals surface area contributed by atoms with E-state index in [9.17, 15) is 0 Å². The summed E-state index contributed by atoms with van der Waals surface area (Å²) in [4.78, 5) is 0. The molecule has 0 amide bonds. The number of hydrogen-bond donors (Lipinski definition) is 1. The molecule has 2 atom stereocenters. The standard InChI is InChI=1S/C15H26BrN3/c1-4-12-7-6-8-13(9-12)17-10-14-15(16)11(3)18-19(14)5-2/h12-13,17H,4-10H2,1-3H3. The van der Waals surface area contributed by atoms with Gasteiger partial charge >= 0.3 is 0 Å². The van der Waals surface area contributed by atoms with Crippen molar-refractivity contribution in [2.45, 2.75) is 72.0 Å². The first-order chi connectivity index (χ1) is 9.15. The summed E-state index contributed by atoms with van der Waals surface area (Å²) in [5, 5.41) is 8.29. The number of halogens is 1. The summed E-state index contributed by atoms with van der Waals surface area (Å²) in [6.45, 7) is 8.39. The Morgan fingerprint density at radius 3 is 2.84 bits per heavy atom. The molecule has 0 spiro atoms. The van der Waals surface area contributed by atoms with Gasteiger partial charge in [-0.05, 0) is 48.5 Å². The Kier molecular flexibility index (Phi) is 5.46. The van der Waals surface area contributed by atoms with E-state index in [2.05, 4.69) is 51.8 Å². The predicted octanol–water partition coefficient (Wildman–Crippen LogP) is 4.03. The van der Waals surface area contributed by atoms with Crippen LogP contribution < -0.4 is 5.32 Å². The first kappa shape index (κ1) is 15.0. The average molecular weight is 328 g/mol. The maximum absolute atomic E-state index is 4.55. The molecule has 1 aromatic rings. The Balaban J connectivity index is 1.95. The molecule has 0 radical (unpaired) electrons. The molecular formula is C15H26BrN3. The fourth-order valence-corrected chi connectivity index (χ4v) is 3.55. The minimum atomic E-state index is 0.686. The summed E-state index contributed by atoms with van der Waals surface area (Å²) in [5.74, 6) is 0.924. The van der Waals surface area contributed by atoms with Crippen molar-refractivity contribution in [3.05, 3.63) is 15.9 Å². The maximum atomic E-state index is 4.55. The third-order valence-corrected chi connectivity index (χ3v) is 5.40. The summed E-state index contributed by atoms with van der Waals surface area (Å²) in [6.07, 6.45) is 6.79. The molecular weight excluding hydrogens is 302 g/mol. The van der Waals surface area contributed by atoms with E-state index >= 15 is 0 Å². The molecule has 2 rings (SSSR count). The van der Waals surface area contributed by atoms with Gasteiger partial charge in [0.2, 0.25) is 0 Å². The molecule has 108 valence electrons. The summed E-state index contributed by atoms with van der Waals surface area (Å²) in [7, 11) is 0. The van der Waals surface area contributed by atoms with Crippen molar-refractivity contribution in [1.29, 1.82) is 0 Å². The molecule has 1 saturated carbocycles. The number of hydrogen-bond acceptors (Lipinski definition) is 2. The van der Waals surface area contributed by atoms with Crippen LogP contribution >= 0.6 is 15.9 Å². The molecule has 3 nitrogen and oxygen atoms in total. The zero-order valence-corrected chi connectivity index (χ0v) is 14.0. The lowest BCUT2D eigenvalue weighted by molar-refractivity contribution is 0.276. The van der Waals surface area contributed by atoms with Gasteiger partial charge in [0, 0.05) is 19.1 Å². The Labute approximate surface area is 125 Å². The van der Waals surface area contributed by atoms with Crippen LogP contribution in [0.5, 0.6) is 0 Å². The monoisotopic (exact) mass is 327 g/mol. The highest BCUT2D eigenvalue weighted by Gasteiger charge is 2.21. The Bertz CT molecular complexity index is 414. The molecule has 1 aliphatic rings. The van der Waals surface area contributed by atoms with Crippen molar-refractivity contribution in [1.82, 2.24) is 15.1 Å². The van der Waals surface area contributed by atoms with Crippen molar-refractivity contribution in [3.63, 3.8) is 0 Å². The van der Waals surface area contributed by atoms with Gasteiger partial charge in [-0.3, -0.25) is 4.68 Å². The quantitative estimate of drug-likeness (QED) is 0.884. The lowest BCUT2D eigenvalue weighted by atomic mass is 9.84. The first-order valence-corrected chi connectivity index (χ1v) is 8.40. The molecule has 0 bridgehead atoms. The lowest BCUT2D eigenvalue weighted by Crippen LogP contribution is -2.34. The zero-order valence-electron chi connectivity index (χ0n) is 12.4. The Morgan fingerprint density at radius 1 is 1.37 bits per heavy atom. The second kappa shape index (κ2) is 6.89. The summed E-state index contributed by atoms with van der Waals surface area (Å²) < 4.78 is 3.27. The molecule has 2 unspecified atom stereocenters. The van der Waals surface area contributed by atoms with Crippen LogP contribution in [-0.4, -0.2) is 15.8 Å². The van der Waals surface area contributed by atoms with E-state index < -0.39 is 0 Å². The highest BCUT2D eigenvalue weighted by molar-refractivity contribution is 9.10. The molecule has 1 aromatic heterocycles. The van der Waals surface area contributed by atoms with Gasteiger partial charge in [0.05, 0.1) is 15.9 Å². The van der Waals surface area contributed by atoms with Gasteiger partial charge in [-0.1, -0.05) is 26.2 Å². The van der Waals surface area contributed by atoms with E-state index in [1.165, 1.54) is 42.3 Å². The molecule has 1 N–H and O–H groups in total. The second-order valence-electron chi connectivity index (χ2n) is 5.68. The molecule has 19 heavy (non-hydrogen) atoms. The van der Waals surface area contributed by atoms with Gasteiger partial charge < -0.3 is 5.32 Å². The molecule has 1 fully saturated rings. The Morgan fingerprint density at radius 2 is 2.16 bits per heavy atom. The minimum Gasteiger partial charge on any atom is -0.308 e. The minimum absolute atomic E-state index is 0.686. The third kappa shape index (κ3) is 3.60. The van der Waals surface area contributed by atoms with Crippen LogP contribution in [0.2, 0.25) is 0 Å². The largest absolute Gasteiger partial charge is 0.308 e. The smallest absolute Gasteiger partial charge is 0.0739 e. The molecule has 1 aliphatic carbocycles. The molecule has 0 aromatic carbocycles. The average Bonchev–Trinajstić information content (AvgIpc) is 2.72. The van der Waals surface area contributed by atoms with E-state index in [0.717, 1.165) is 24.7 Å². The van der Waals surface area contributed by atoms with Crippen LogP contribution in [0.4, 0.5) is 0 Å². The highest BCUT2D eigenvalue weighted by Crippen LogP contribution is 2.27. The number of nitrogens with one attached hydrogen (secondary N) is 1. The Hall–Kier alpha value is -0.350. The van der Waals surface area contributed by atoms with Crippen LogP contribution in [0.3, 0.4) is 0 Å². The second-order valence-corrected chi connectivity index (χ2v) is 6.47. The van der Waals surface area contributed by atoms with E-state index in [0.29, 0.717) is 6.04 Å². The number of nitrogens with zero attached hydrogens (tertiary/aromatic N) is 2. The lowest BCUT2D eigenvalue weighted by Gasteiger charge is -2.29. The van der Waals surface area contributed by atoms with Crippen LogP contribution in [0.1, 0.15) is 57.3 Å². The SMILES string of the molecule is CCC1CCCC(NCc2c(Br)c(C)nn2CC)C1. The van der Waals surface area contributed by atoms with Gasteiger partial charge in [-0.2, -0.15) is 5.10 Å². The van der Waals surface area contributed by atoms with Crippen LogP contribution in [0.25, 0.3) is 0 Å². The van der Waals surface area contributed by atoms with Gasteiger partial charge in [-0.15, -0.1) is 0 Å². The van der Waals surface area contributed by atoms with Crippen molar-refractivity contribution in [2.24, 2.45) is 5.92 Å². The van der Waals surface area contributed by atoms with Gasteiger partial charge in [-0.25, -0.2) is 0 Å². The van der Waals surface area contributed by atoms with Crippen molar-refractivity contribution in [2.75, 3.05) is 0 Å². The van der Waals surface area contributed by atoms with Gasteiger partial charge in [0.1, 0.15) is 0 Å². The zero-order chi connectivity index (χ0) is 13.8. The van der Waals surface area contributed by atoms with Crippen LogP contribution in [0.15, 0.2) is 4.47 Å². The topological polar surface area (TPSA) is 29.9 Å². The van der Waals surface area contributed by atoms with Crippen molar-refractivity contribution >= 4 is 15.9 Å². The van der Waals surface area contributed by atoms with E-state index in [1.807, 2.05) is 0 Å². The van der Waals surface area contributed by atoms with E-state index in [1.54, 1.807) is 0 Å². The number of aryl methyl sites for hydroxylation is 2.